The smallest absolute Gasteiger partial charge is 0.250 e. The van der Waals surface area contributed by atoms with Crippen molar-refractivity contribution in [2.75, 3.05) is 17.2 Å². The lowest BCUT2D eigenvalue weighted by atomic mass is 10.0. The Morgan fingerprint density at radius 2 is 2.12 bits per heavy atom. The molecule has 0 radical (unpaired) electrons. The summed E-state index contributed by atoms with van der Waals surface area (Å²) in [5.41, 5.74) is 0. The molecular weight excluding hydrogens is 324 g/mol. The highest BCUT2D eigenvalue weighted by molar-refractivity contribution is 8.00. The molecule has 2 heterocycles. The van der Waals surface area contributed by atoms with E-state index in [2.05, 4.69) is 10.4 Å². The molecule has 0 bridgehead atoms. The van der Waals surface area contributed by atoms with Crippen molar-refractivity contribution in [1.29, 1.82) is 0 Å². The van der Waals surface area contributed by atoms with Gasteiger partial charge in [0.2, 0.25) is 5.91 Å². The van der Waals surface area contributed by atoms with E-state index in [0.29, 0.717) is 24.5 Å². The SMILES string of the molecule is Cn1ccc(N2CCC[C@@H](NC(=O)CSc3ccccc3)C2=O)n1. The van der Waals surface area contributed by atoms with E-state index in [4.69, 9.17) is 0 Å². The molecule has 3 rings (SSSR count). The molecule has 0 saturated carbocycles. The quantitative estimate of drug-likeness (QED) is 0.840. The average Bonchev–Trinajstić information content (AvgIpc) is 3.02. The van der Waals surface area contributed by atoms with Crippen LogP contribution in [0.1, 0.15) is 12.8 Å². The van der Waals surface area contributed by atoms with Crippen LogP contribution in [0.5, 0.6) is 0 Å². The third-order valence-corrected chi connectivity index (χ3v) is 4.88. The van der Waals surface area contributed by atoms with E-state index < -0.39 is 6.04 Å². The molecular formula is C17H20N4O2S. The van der Waals surface area contributed by atoms with Crippen LogP contribution in [-0.4, -0.2) is 39.9 Å². The van der Waals surface area contributed by atoms with E-state index in [9.17, 15) is 9.59 Å². The summed E-state index contributed by atoms with van der Waals surface area (Å²) in [6.45, 7) is 0.640. The maximum absolute atomic E-state index is 12.6. The van der Waals surface area contributed by atoms with Crippen molar-refractivity contribution in [3.05, 3.63) is 42.6 Å². The fourth-order valence-corrected chi connectivity index (χ4v) is 3.42. The van der Waals surface area contributed by atoms with Gasteiger partial charge >= 0.3 is 0 Å². The van der Waals surface area contributed by atoms with E-state index in [-0.39, 0.29) is 11.8 Å². The molecule has 1 N–H and O–H groups in total. The second kappa shape index (κ2) is 7.53. The Morgan fingerprint density at radius 3 is 2.83 bits per heavy atom. The molecule has 1 aromatic carbocycles. The van der Waals surface area contributed by atoms with Gasteiger partial charge in [0, 0.05) is 30.8 Å². The van der Waals surface area contributed by atoms with Crippen LogP contribution in [0.4, 0.5) is 5.82 Å². The molecule has 1 fully saturated rings. The molecule has 0 spiro atoms. The number of carbonyl (C=O) groups is 2. The van der Waals surface area contributed by atoms with Gasteiger partial charge in [-0.2, -0.15) is 5.10 Å². The first-order valence-electron chi connectivity index (χ1n) is 7.92. The Kier molecular flexibility index (Phi) is 5.20. The third-order valence-electron chi connectivity index (χ3n) is 3.86. The maximum atomic E-state index is 12.6. The molecule has 7 heteroatoms. The van der Waals surface area contributed by atoms with Crippen molar-refractivity contribution >= 4 is 29.4 Å². The largest absolute Gasteiger partial charge is 0.344 e. The normalized spacial score (nSPS) is 17.8. The topological polar surface area (TPSA) is 67.2 Å². The minimum atomic E-state index is -0.468. The molecule has 0 unspecified atom stereocenters. The number of aromatic nitrogens is 2. The summed E-state index contributed by atoms with van der Waals surface area (Å²) in [5.74, 6) is 0.736. The van der Waals surface area contributed by atoms with Gasteiger partial charge in [0.25, 0.3) is 5.91 Å². The first kappa shape index (κ1) is 16.6. The Balaban J connectivity index is 1.56. The highest BCUT2D eigenvalue weighted by Gasteiger charge is 2.31. The fraction of sp³-hybridized carbons (Fsp3) is 0.353. The highest BCUT2D eigenvalue weighted by Crippen LogP contribution is 2.20. The fourth-order valence-electron chi connectivity index (χ4n) is 2.69. The zero-order valence-corrected chi connectivity index (χ0v) is 14.3. The van der Waals surface area contributed by atoms with Crippen molar-refractivity contribution in [3.63, 3.8) is 0 Å². The number of piperidine rings is 1. The number of rotatable bonds is 5. The van der Waals surface area contributed by atoms with Gasteiger partial charge in [-0.15, -0.1) is 11.8 Å². The van der Waals surface area contributed by atoms with Crippen LogP contribution >= 0.6 is 11.8 Å². The number of amides is 2. The molecule has 6 nitrogen and oxygen atoms in total. The van der Waals surface area contributed by atoms with Gasteiger partial charge in [-0.25, -0.2) is 0 Å². The molecule has 2 aromatic rings. The molecule has 1 atom stereocenters. The molecule has 1 aliphatic rings. The second-order valence-electron chi connectivity index (χ2n) is 5.70. The Bertz CT molecular complexity index is 716. The maximum Gasteiger partial charge on any atom is 0.250 e. The predicted molar refractivity (Wildman–Crippen MR) is 93.9 cm³/mol. The lowest BCUT2D eigenvalue weighted by molar-refractivity contribution is -0.127. The van der Waals surface area contributed by atoms with Crippen LogP contribution < -0.4 is 10.2 Å². The second-order valence-corrected chi connectivity index (χ2v) is 6.75. The van der Waals surface area contributed by atoms with Gasteiger partial charge in [0.1, 0.15) is 6.04 Å². The van der Waals surface area contributed by atoms with Gasteiger partial charge in [-0.05, 0) is 25.0 Å². The first-order chi connectivity index (χ1) is 11.6. The van der Waals surface area contributed by atoms with Gasteiger partial charge in [-0.1, -0.05) is 18.2 Å². The summed E-state index contributed by atoms with van der Waals surface area (Å²) in [7, 11) is 1.82. The van der Waals surface area contributed by atoms with E-state index in [1.54, 1.807) is 15.8 Å². The van der Waals surface area contributed by atoms with Crippen LogP contribution in [0.3, 0.4) is 0 Å². The summed E-state index contributed by atoms with van der Waals surface area (Å²) < 4.78 is 1.67. The number of carbonyl (C=O) groups excluding carboxylic acids is 2. The molecule has 126 valence electrons. The van der Waals surface area contributed by atoms with Crippen LogP contribution in [0.25, 0.3) is 0 Å². The summed E-state index contributed by atoms with van der Waals surface area (Å²) in [4.78, 5) is 27.4. The molecule has 0 aliphatic carbocycles. The van der Waals surface area contributed by atoms with E-state index >= 15 is 0 Å². The minimum absolute atomic E-state index is 0.0852. The number of nitrogens with one attached hydrogen (secondary N) is 1. The lowest BCUT2D eigenvalue weighted by Gasteiger charge is -2.31. The molecule has 1 aliphatic heterocycles. The summed E-state index contributed by atoms with van der Waals surface area (Å²) in [6.07, 6.45) is 3.32. The van der Waals surface area contributed by atoms with Crippen molar-refractivity contribution < 1.29 is 9.59 Å². The summed E-state index contributed by atoms with van der Waals surface area (Å²) in [6, 6.07) is 11.1. The van der Waals surface area contributed by atoms with Crippen molar-refractivity contribution in [2.45, 2.75) is 23.8 Å². The van der Waals surface area contributed by atoms with Crippen LogP contribution in [-0.2, 0) is 16.6 Å². The summed E-state index contributed by atoms with van der Waals surface area (Å²) >= 11 is 1.47. The third kappa shape index (κ3) is 3.97. The van der Waals surface area contributed by atoms with Gasteiger partial charge < -0.3 is 5.32 Å². The molecule has 1 saturated heterocycles. The van der Waals surface area contributed by atoms with Crippen molar-refractivity contribution in [1.82, 2.24) is 15.1 Å². The lowest BCUT2D eigenvalue weighted by Crippen LogP contribution is -2.53. The molecule has 1 aromatic heterocycles. The predicted octanol–water partition coefficient (Wildman–Crippen LogP) is 1.82. The monoisotopic (exact) mass is 344 g/mol. The molecule has 24 heavy (non-hydrogen) atoms. The van der Waals surface area contributed by atoms with Gasteiger partial charge in [0.15, 0.2) is 5.82 Å². The Morgan fingerprint density at radius 1 is 1.33 bits per heavy atom. The standard InChI is InChI=1S/C17H20N4O2S/c1-20-11-9-15(19-20)21-10-5-8-14(17(21)23)18-16(22)12-24-13-6-3-2-4-7-13/h2-4,6-7,9,11,14H,5,8,10,12H2,1H3,(H,18,22)/t14-/m1/s1. The number of nitrogens with zero attached hydrogens (tertiary/aromatic N) is 3. The van der Waals surface area contributed by atoms with E-state index in [0.717, 1.165) is 11.3 Å². The zero-order chi connectivity index (χ0) is 16.9. The van der Waals surface area contributed by atoms with Crippen molar-refractivity contribution in [2.24, 2.45) is 7.05 Å². The number of hydrogen-bond donors (Lipinski definition) is 1. The average molecular weight is 344 g/mol. The van der Waals surface area contributed by atoms with Gasteiger partial charge in [0.05, 0.1) is 5.75 Å². The number of anilines is 1. The Hall–Kier alpha value is -2.28. The number of hydrogen-bond acceptors (Lipinski definition) is 4. The van der Waals surface area contributed by atoms with Crippen LogP contribution in [0.15, 0.2) is 47.5 Å². The first-order valence-corrected chi connectivity index (χ1v) is 8.90. The van der Waals surface area contributed by atoms with E-state index in [1.165, 1.54) is 11.8 Å². The van der Waals surface area contributed by atoms with Crippen molar-refractivity contribution in [3.8, 4) is 0 Å². The van der Waals surface area contributed by atoms with E-state index in [1.807, 2.05) is 43.4 Å². The minimum Gasteiger partial charge on any atom is -0.344 e. The number of benzene rings is 1. The number of thioether (sulfide) groups is 1. The molecule has 2 amide bonds. The van der Waals surface area contributed by atoms with Crippen LogP contribution in [0.2, 0.25) is 0 Å². The van der Waals surface area contributed by atoms with Gasteiger partial charge in [-0.3, -0.25) is 19.2 Å². The highest BCUT2D eigenvalue weighted by atomic mass is 32.2. The zero-order valence-electron chi connectivity index (χ0n) is 13.5. The summed E-state index contributed by atoms with van der Waals surface area (Å²) in [5, 5.41) is 7.14. The van der Waals surface area contributed by atoms with Crippen LogP contribution in [0, 0.1) is 0 Å². The Labute approximate surface area is 145 Å². The number of aryl methyl sites for hydroxylation is 1.